The lowest BCUT2D eigenvalue weighted by atomic mass is 9.97. The SMILES string of the molecule is CNC(=S)C(C(=O)OCCC(C)CCCC(C)C)c1ccccn1.Cl. The number of carbonyl (C=O) groups excluding carboxylic acids is 1. The Bertz CT molecular complexity index is 511. The summed E-state index contributed by atoms with van der Waals surface area (Å²) >= 11 is 5.27. The summed E-state index contributed by atoms with van der Waals surface area (Å²) in [6.07, 6.45) is 6.19. The van der Waals surface area contributed by atoms with Crippen molar-refractivity contribution in [2.45, 2.75) is 52.4 Å². The average Bonchev–Trinajstić information content (AvgIpc) is 2.55. The zero-order chi connectivity index (χ0) is 17.9. The molecular weight excluding hydrogens is 356 g/mol. The summed E-state index contributed by atoms with van der Waals surface area (Å²) in [7, 11) is 1.71. The molecule has 2 unspecified atom stereocenters. The van der Waals surface area contributed by atoms with Crippen molar-refractivity contribution in [3.05, 3.63) is 30.1 Å². The fourth-order valence-electron chi connectivity index (χ4n) is 2.52. The number of hydrogen-bond acceptors (Lipinski definition) is 4. The lowest BCUT2D eigenvalue weighted by Gasteiger charge is -2.17. The molecule has 0 amide bonds. The van der Waals surface area contributed by atoms with Crippen molar-refractivity contribution >= 4 is 35.6 Å². The quantitative estimate of drug-likeness (QED) is 0.473. The molecule has 1 rings (SSSR count). The van der Waals surface area contributed by atoms with Gasteiger partial charge >= 0.3 is 5.97 Å². The van der Waals surface area contributed by atoms with Crippen molar-refractivity contribution in [1.82, 2.24) is 10.3 Å². The number of hydrogen-bond donors (Lipinski definition) is 1. The van der Waals surface area contributed by atoms with Crippen molar-refractivity contribution < 1.29 is 9.53 Å². The second-order valence-corrected chi connectivity index (χ2v) is 7.13. The van der Waals surface area contributed by atoms with Crippen LogP contribution in [0.1, 0.15) is 58.1 Å². The lowest BCUT2D eigenvalue weighted by molar-refractivity contribution is -0.144. The summed E-state index contributed by atoms with van der Waals surface area (Å²) in [5.41, 5.74) is 0.617. The van der Waals surface area contributed by atoms with Crippen LogP contribution in [0, 0.1) is 11.8 Å². The molecule has 0 fully saturated rings. The molecule has 1 heterocycles. The van der Waals surface area contributed by atoms with Crippen molar-refractivity contribution in [3.8, 4) is 0 Å². The zero-order valence-corrected chi connectivity index (χ0v) is 17.3. The lowest BCUT2D eigenvalue weighted by Crippen LogP contribution is -2.32. The van der Waals surface area contributed by atoms with E-state index in [-0.39, 0.29) is 18.4 Å². The van der Waals surface area contributed by atoms with Gasteiger partial charge in [-0.3, -0.25) is 9.78 Å². The summed E-state index contributed by atoms with van der Waals surface area (Å²) in [5, 5.41) is 2.87. The van der Waals surface area contributed by atoms with Crippen LogP contribution in [0.5, 0.6) is 0 Å². The second kappa shape index (κ2) is 13.1. The van der Waals surface area contributed by atoms with Gasteiger partial charge in [0.05, 0.1) is 17.3 Å². The summed E-state index contributed by atoms with van der Waals surface area (Å²) in [5.74, 6) is 0.336. The fraction of sp³-hybridized carbons (Fsp3) is 0.632. The van der Waals surface area contributed by atoms with Crippen molar-refractivity contribution in [2.24, 2.45) is 11.8 Å². The van der Waals surface area contributed by atoms with E-state index in [0.717, 1.165) is 12.3 Å². The third-order valence-corrected chi connectivity index (χ3v) is 4.50. The number of aromatic nitrogens is 1. The normalized spacial score (nSPS) is 12.8. The van der Waals surface area contributed by atoms with Crippen LogP contribution in [0.3, 0.4) is 0 Å². The van der Waals surface area contributed by atoms with Crippen LogP contribution in [0.2, 0.25) is 0 Å². The minimum absolute atomic E-state index is 0. The van der Waals surface area contributed by atoms with Crippen LogP contribution in [-0.4, -0.2) is 29.6 Å². The number of ether oxygens (including phenoxy) is 1. The first-order chi connectivity index (χ1) is 11.5. The molecule has 0 aliphatic carbocycles. The molecule has 6 heteroatoms. The second-order valence-electron chi connectivity index (χ2n) is 6.69. The highest BCUT2D eigenvalue weighted by Crippen LogP contribution is 2.18. The number of nitrogens with one attached hydrogen (secondary N) is 1. The maximum absolute atomic E-state index is 12.4. The Hall–Kier alpha value is -1.20. The molecule has 0 saturated heterocycles. The molecular formula is C19H31ClN2O2S. The number of halogens is 1. The van der Waals surface area contributed by atoms with Crippen LogP contribution >= 0.6 is 24.6 Å². The molecule has 1 aromatic heterocycles. The molecule has 0 aromatic carbocycles. The Morgan fingerprint density at radius 2 is 1.96 bits per heavy atom. The fourth-order valence-corrected chi connectivity index (χ4v) is 2.73. The van der Waals surface area contributed by atoms with Crippen molar-refractivity contribution in [3.63, 3.8) is 0 Å². The number of esters is 1. The Morgan fingerprint density at radius 1 is 1.24 bits per heavy atom. The Balaban J connectivity index is 0.00000576. The minimum atomic E-state index is -0.637. The van der Waals surface area contributed by atoms with Gasteiger partial charge in [-0.2, -0.15) is 0 Å². The Labute approximate surface area is 163 Å². The van der Waals surface area contributed by atoms with Gasteiger partial charge in [-0.05, 0) is 30.4 Å². The monoisotopic (exact) mass is 386 g/mol. The van der Waals surface area contributed by atoms with Gasteiger partial charge in [-0.1, -0.05) is 58.3 Å². The van der Waals surface area contributed by atoms with Gasteiger partial charge < -0.3 is 10.1 Å². The first-order valence-electron chi connectivity index (χ1n) is 8.74. The van der Waals surface area contributed by atoms with Gasteiger partial charge in [0.25, 0.3) is 0 Å². The molecule has 142 valence electrons. The van der Waals surface area contributed by atoms with E-state index in [9.17, 15) is 4.79 Å². The Kier molecular flexibility index (Phi) is 12.4. The summed E-state index contributed by atoms with van der Waals surface area (Å²) in [6.45, 7) is 7.13. The highest BCUT2D eigenvalue weighted by atomic mass is 35.5. The molecule has 0 aliphatic rings. The van der Waals surface area contributed by atoms with E-state index in [1.54, 1.807) is 19.3 Å². The minimum Gasteiger partial charge on any atom is -0.465 e. The average molecular weight is 387 g/mol. The largest absolute Gasteiger partial charge is 0.465 e. The van der Waals surface area contributed by atoms with Gasteiger partial charge in [0.15, 0.2) is 0 Å². The molecule has 1 N–H and O–H groups in total. The van der Waals surface area contributed by atoms with Gasteiger partial charge in [-0.15, -0.1) is 12.4 Å². The highest BCUT2D eigenvalue weighted by Gasteiger charge is 2.27. The van der Waals surface area contributed by atoms with Gasteiger partial charge in [-0.25, -0.2) is 0 Å². The van der Waals surface area contributed by atoms with E-state index < -0.39 is 5.92 Å². The van der Waals surface area contributed by atoms with Crippen LogP contribution in [0.25, 0.3) is 0 Å². The Morgan fingerprint density at radius 3 is 2.52 bits per heavy atom. The van der Waals surface area contributed by atoms with E-state index in [4.69, 9.17) is 17.0 Å². The molecule has 0 aliphatic heterocycles. The summed E-state index contributed by atoms with van der Waals surface area (Å²) in [6, 6.07) is 5.45. The van der Waals surface area contributed by atoms with Gasteiger partial charge in [0.1, 0.15) is 5.92 Å². The maximum Gasteiger partial charge on any atom is 0.322 e. The molecule has 0 saturated carbocycles. The van der Waals surface area contributed by atoms with Gasteiger partial charge in [0.2, 0.25) is 0 Å². The highest BCUT2D eigenvalue weighted by molar-refractivity contribution is 7.80. The number of carbonyl (C=O) groups is 1. The van der Waals surface area contributed by atoms with E-state index >= 15 is 0 Å². The number of rotatable bonds is 10. The van der Waals surface area contributed by atoms with Crippen molar-refractivity contribution in [2.75, 3.05) is 13.7 Å². The first-order valence-corrected chi connectivity index (χ1v) is 9.15. The van der Waals surface area contributed by atoms with Crippen LogP contribution < -0.4 is 5.32 Å². The van der Waals surface area contributed by atoms with Crippen LogP contribution in [0.15, 0.2) is 24.4 Å². The molecule has 2 atom stereocenters. The van der Waals surface area contributed by atoms with E-state index in [2.05, 4.69) is 31.1 Å². The predicted octanol–water partition coefficient (Wildman–Crippen LogP) is 4.53. The first kappa shape index (κ1) is 23.8. The zero-order valence-electron chi connectivity index (χ0n) is 15.7. The maximum atomic E-state index is 12.4. The number of likely N-dealkylation sites (N-methyl/N-ethyl adjacent to an activating group) is 1. The smallest absolute Gasteiger partial charge is 0.322 e. The standard InChI is InChI=1S/C19H30N2O2S.ClH/c1-14(2)8-7-9-15(3)11-13-23-19(22)17(18(24)20-4)16-10-5-6-12-21-16;/h5-6,10,12,14-15,17H,7-9,11,13H2,1-4H3,(H,20,24);1H. The topological polar surface area (TPSA) is 51.2 Å². The van der Waals surface area contributed by atoms with Crippen LogP contribution in [-0.2, 0) is 9.53 Å². The summed E-state index contributed by atoms with van der Waals surface area (Å²) in [4.78, 5) is 17.1. The third-order valence-electron chi connectivity index (χ3n) is 4.06. The van der Waals surface area contributed by atoms with Crippen LogP contribution in [0.4, 0.5) is 0 Å². The number of nitrogens with zero attached hydrogens (tertiary/aromatic N) is 1. The summed E-state index contributed by atoms with van der Waals surface area (Å²) < 4.78 is 5.47. The number of thiocarbonyl (C=S) groups is 1. The molecule has 4 nitrogen and oxygen atoms in total. The van der Waals surface area contributed by atoms with E-state index in [1.165, 1.54) is 19.3 Å². The molecule has 0 radical (unpaired) electrons. The van der Waals surface area contributed by atoms with Gasteiger partial charge in [0, 0.05) is 13.2 Å². The van der Waals surface area contributed by atoms with E-state index in [0.29, 0.717) is 23.2 Å². The third kappa shape index (κ3) is 9.17. The molecule has 0 spiro atoms. The molecule has 0 bridgehead atoms. The predicted molar refractivity (Wildman–Crippen MR) is 109 cm³/mol. The van der Waals surface area contributed by atoms with Crippen molar-refractivity contribution in [1.29, 1.82) is 0 Å². The molecule has 1 aromatic rings. The number of pyridine rings is 1. The molecule has 25 heavy (non-hydrogen) atoms. The van der Waals surface area contributed by atoms with E-state index in [1.807, 2.05) is 12.1 Å².